The van der Waals surface area contributed by atoms with Crippen LogP contribution in [0.25, 0.3) is 16.7 Å². The summed E-state index contributed by atoms with van der Waals surface area (Å²) in [7, 11) is 0. The molecule has 4 heterocycles. The zero-order valence-corrected chi connectivity index (χ0v) is 18.4. The number of aryl methyl sites for hydroxylation is 1. The number of hydrogen-bond acceptors (Lipinski definition) is 6. The van der Waals surface area contributed by atoms with Gasteiger partial charge in [-0.3, -0.25) is 9.78 Å². The van der Waals surface area contributed by atoms with E-state index in [1.165, 1.54) is 0 Å². The Morgan fingerprint density at radius 1 is 1.27 bits per heavy atom. The van der Waals surface area contributed by atoms with Crippen molar-refractivity contribution in [3.63, 3.8) is 0 Å². The smallest absolute Gasteiger partial charge is 0.251 e. The highest BCUT2D eigenvalue weighted by Crippen LogP contribution is 2.32. The van der Waals surface area contributed by atoms with Crippen molar-refractivity contribution in [3.8, 4) is 11.9 Å². The largest absolute Gasteiger partial charge is 0.375 e. The molecule has 1 aliphatic rings. The number of carbonyl (C=O) groups excluding carboxylic acids is 1. The average molecular weight is 438 g/mol. The van der Waals surface area contributed by atoms with Crippen LogP contribution in [0.1, 0.15) is 39.8 Å². The number of fused-ring (bicyclic) bond motifs is 2. The van der Waals surface area contributed by atoms with Crippen molar-refractivity contribution in [2.75, 3.05) is 6.61 Å². The SMILES string of the molecule is Cc1ccn(-c2ccc3cnc(CNC(=O)c4ccc5c(c4)[C@](C)(C#N)COC5)cc3n2)n1. The first-order valence-electron chi connectivity index (χ1n) is 10.6. The highest BCUT2D eigenvalue weighted by atomic mass is 16.5. The molecule has 5 rings (SSSR count). The van der Waals surface area contributed by atoms with Crippen LogP contribution in [0.4, 0.5) is 0 Å². The van der Waals surface area contributed by atoms with Gasteiger partial charge in [-0.1, -0.05) is 6.07 Å². The molecule has 0 saturated heterocycles. The molecule has 0 spiro atoms. The number of nitriles is 1. The van der Waals surface area contributed by atoms with Gasteiger partial charge in [-0.25, -0.2) is 9.67 Å². The van der Waals surface area contributed by atoms with Gasteiger partial charge in [0.25, 0.3) is 5.91 Å². The number of nitrogens with one attached hydrogen (secondary N) is 1. The first kappa shape index (κ1) is 20.8. The predicted molar refractivity (Wildman–Crippen MR) is 122 cm³/mol. The van der Waals surface area contributed by atoms with Crippen molar-refractivity contribution in [1.82, 2.24) is 25.1 Å². The summed E-state index contributed by atoms with van der Waals surface area (Å²) in [6.45, 7) is 4.78. The Balaban J connectivity index is 1.35. The lowest BCUT2D eigenvalue weighted by atomic mass is 9.79. The maximum absolute atomic E-state index is 12.8. The molecule has 8 heteroatoms. The maximum Gasteiger partial charge on any atom is 0.251 e. The summed E-state index contributed by atoms with van der Waals surface area (Å²) in [5.41, 5.74) is 3.92. The number of aromatic nitrogens is 4. The quantitative estimate of drug-likeness (QED) is 0.524. The van der Waals surface area contributed by atoms with Crippen LogP contribution >= 0.6 is 0 Å². The Morgan fingerprint density at radius 2 is 2.15 bits per heavy atom. The molecule has 33 heavy (non-hydrogen) atoms. The summed E-state index contributed by atoms with van der Waals surface area (Å²) in [4.78, 5) is 22.0. The van der Waals surface area contributed by atoms with Gasteiger partial charge in [-0.2, -0.15) is 10.4 Å². The van der Waals surface area contributed by atoms with Crippen molar-refractivity contribution in [2.24, 2.45) is 0 Å². The second kappa shape index (κ2) is 8.11. The molecular formula is C25H22N6O2. The number of rotatable bonds is 4. The summed E-state index contributed by atoms with van der Waals surface area (Å²) in [6, 6.07) is 15.4. The summed E-state index contributed by atoms with van der Waals surface area (Å²) in [6.07, 6.45) is 3.62. The number of pyridine rings is 2. The van der Waals surface area contributed by atoms with Crippen LogP contribution in [-0.2, 0) is 23.3 Å². The Labute approximate surface area is 190 Å². The van der Waals surface area contributed by atoms with E-state index >= 15 is 0 Å². The van der Waals surface area contributed by atoms with E-state index in [1.54, 1.807) is 23.0 Å². The van der Waals surface area contributed by atoms with Gasteiger partial charge < -0.3 is 10.1 Å². The van der Waals surface area contributed by atoms with E-state index in [9.17, 15) is 10.1 Å². The molecule has 164 valence electrons. The van der Waals surface area contributed by atoms with E-state index in [0.29, 0.717) is 24.5 Å². The Bertz CT molecular complexity index is 1420. The Kier molecular flexibility index (Phi) is 5.11. The standard InChI is InChI=1S/C25H22N6O2/c1-16-7-8-31(30-16)23-6-5-18-11-27-20(10-22(18)29-23)12-28-24(32)17-3-4-19-13-33-15-25(2,14-26)21(19)9-17/h3-11H,12-13,15H2,1-2H3,(H,28,32)/t25-/m1/s1. The molecule has 1 amide bonds. The van der Waals surface area contributed by atoms with Gasteiger partial charge in [0.15, 0.2) is 5.82 Å². The van der Waals surface area contributed by atoms with E-state index in [-0.39, 0.29) is 12.5 Å². The van der Waals surface area contributed by atoms with Gasteiger partial charge in [0.1, 0.15) is 5.41 Å². The van der Waals surface area contributed by atoms with Crippen molar-refractivity contribution < 1.29 is 9.53 Å². The van der Waals surface area contributed by atoms with E-state index in [0.717, 1.165) is 33.5 Å². The lowest BCUT2D eigenvalue weighted by molar-refractivity contribution is 0.0757. The molecular weight excluding hydrogens is 416 g/mol. The van der Waals surface area contributed by atoms with Gasteiger partial charge in [-0.15, -0.1) is 0 Å². The lowest BCUT2D eigenvalue weighted by Gasteiger charge is -2.30. The molecule has 1 aliphatic heterocycles. The number of ether oxygens (including phenoxy) is 1. The van der Waals surface area contributed by atoms with Gasteiger partial charge >= 0.3 is 0 Å². The van der Waals surface area contributed by atoms with Crippen LogP contribution in [0.2, 0.25) is 0 Å². The molecule has 3 aromatic heterocycles. The fourth-order valence-corrected chi connectivity index (χ4v) is 3.98. The number of benzene rings is 1. The van der Waals surface area contributed by atoms with Gasteiger partial charge in [0.2, 0.25) is 0 Å². The molecule has 1 aromatic carbocycles. The molecule has 8 nitrogen and oxygen atoms in total. The molecule has 0 fully saturated rings. The summed E-state index contributed by atoms with van der Waals surface area (Å²) < 4.78 is 7.27. The average Bonchev–Trinajstić information content (AvgIpc) is 3.28. The van der Waals surface area contributed by atoms with E-state index in [1.807, 2.05) is 50.4 Å². The number of hydrogen-bond donors (Lipinski definition) is 1. The topological polar surface area (TPSA) is 106 Å². The van der Waals surface area contributed by atoms with Crippen LogP contribution in [0.15, 0.2) is 54.9 Å². The van der Waals surface area contributed by atoms with Crippen LogP contribution in [0, 0.1) is 18.3 Å². The van der Waals surface area contributed by atoms with Crippen LogP contribution in [0.3, 0.4) is 0 Å². The second-order valence-electron chi connectivity index (χ2n) is 8.43. The minimum absolute atomic E-state index is 0.222. The molecule has 1 atom stereocenters. The Morgan fingerprint density at radius 3 is 2.94 bits per heavy atom. The van der Waals surface area contributed by atoms with Gasteiger partial charge in [0, 0.05) is 23.3 Å². The Hall–Kier alpha value is -4.09. The van der Waals surface area contributed by atoms with E-state index in [4.69, 9.17) is 4.74 Å². The highest BCUT2D eigenvalue weighted by molar-refractivity contribution is 5.94. The fraction of sp³-hybridized carbons (Fsp3) is 0.240. The molecule has 1 N–H and O–H groups in total. The van der Waals surface area contributed by atoms with Crippen molar-refractivity contribution in [2.45, 2.75) is 32.4 Å². The third-order valence-electron chi connectivity index (χ3n) is 5.86. The normalized spacial score (nSPS) is 17.4. The fourth-order valence-electron chi connectivity index (χ4n) is 3.98. The highest BCUT2D eigenvalue weighted by Gasteiger charge is 2.33. The van der Waals surface area contributed by atoms with Crippen molar-refractivity contribution in [1.29, 1.82) is 5.26 Å². The number of carbonyl (C=O) groups is 1. The van der Waals surface area contributed by atoms with Crippen LogP contribution in [-0.4, -0.2) is 32.3 Å². The number of nitrogens with zero attached hydrogens (tertiary/aromatic N) is 5. The van der Waals surface area contributed by atoms with Crippen molar-refractivity contribution >= 4 is 16.8 Å². The van der Waals surface area contributed by atoms with E-state index < -0.39 is 5.41 Å². The monoisotopic (exact) mass is 438 g/mol. The summed E-state index contributed by atoms with van der Waals surface area (Å²) in [5, 5.41) is 17.8. The third-order valence-corrected chi connectivity index (χ3v) is 5.86. The second-order valence-corrected chi connectivity index (χ2v) is 8.43. The zero-order valence-electron chi connectivity index (χ0n) is 18.4. The number of amides is 1. The summed E-state index contributed by atoms with van der Waals surface area (Å²) >= 11 is 0. The van der Waals surface area contributed by atoms with Gasteiger partial charge in [0.05, 0.1) is 42.7 Å². The van der Waals surface area contributed by atoms with Crippen molar-refractivity contribution in [3.05, 3.63) is 82.9 Å². The molecule has 0 unspecified atom stereocenters. The van der Waals surface area contributed by atoms with Gasteiger partial charge in [-0.05, 0) is 61.4 Å². The lowest BCUT2D eigenvalue weighted by Crippen LogP contribution is -2.33. The molecule has 0 saturated carbocycles. The first-order valence-corrected chi connectivity index (χ1v) is 10.6. The molecule has 4 aromatic rings. The van der Waals surface area contributed by atoms with Crippen LogP contribution < -0.4 is 5.32 Å². The molecule has 0 aliphatic carbocycles. The zero-order chi connectivity index (χ0) is 23.0. The molecule has 0 radical (unpaired) electrons. The van der Waals surface area contributed by atoms with Crippen LogP contribution in [0.5, 0.6) is 0 Å². The third kappa shape index (κ3) is 3.95. The first-order chi connectivity index (χ1) is 15.9. The minimum atomic E-state index is -0.764. The predicted octanol–water partition coefficient (Wildman–Crippen LogP) is 3.37. The van der Waals surface area contributed by atoms with E-state index in [2.05, 4.69) is 26.5 Å². The minimum Gasteiger partial charge on any atom is -0.375 e. The molecule has 0 bridgehead atoms. The maximum atomic E-state index is 12.8. The summed E-state index contributed by atoms with van der Waals surface area (Å²) in [5.74, 6) is 0.496.